The molecule has 0 saturated heterocycles. The summed E-state index contributed by atoms with van der Waals surface area (Å²) in [5.74, 6) is -0.522. The van der Waals surface area contributed by atoms with Crippen LogP contribution in [-0.2, 0) is 20.7 Å². The van der Waals surface area contributed by atoms with E-state index in [-0.39, 0.29) is 32.0 Å². The summed E-state index contributed by atoms with van der Waals surface area (Å²) < 4.78 is 5.97. The summed E-state index contributed by atoms with van der Waals surface area (Å²) in [6, 6.07) is 14.8. The number of urea groups is 1. The normalized spacial score (nSPS) is 10.2. The number of nitrogens with one attached hydrogen (secondary N) is 3. The Bertz CT molecular complexity index is 838. The monoisotopic (exact) mass is 475 g/mol. The van der Waals surface area contributed by atoms with E-state index in [9.17, 15) is 14.4 Å². The number of hydrogen-bond donors (Lipinski definition) is 3. The van der Waals surface area contributed by atoms with Crippen LogP contribution in [0.3, 0.4) is 0 Å². The van der Waals surface area contributed by atoms with E-state index in [1.54, 1.807) is 12.1 Å². The molecule has 3 N–H and O–H groups in total. The number of carbonyl (C=O) groups excluding carboxylic acids is 3. The second kappa shape index (κ2) is 12.6. The summed E-state index contributed by atoms with van der Waals surface area (Å²) in [4.78, 5) is 35.3. The molecule has 2 aromatic rings. The smallest absolute Gasteiger partial charge is 0.319 e. The van der Waals surface area contributed by atoms with Crippen LogP contribution >= 0.6 is 15.9 Å². The zero-order valence-electron chi connectivity index (χ0n) is 16.9. The number of ether oxygens (including phenoxy) is 1. The summed E-state index contributed by atoms with van der Waals surface area (Å²) in [6.07, 6.45) is 1.10. The third-order valence-electron chi connectivity index (χ3n) is 4.17. The second-order valence-electron chi connectivity index (χ2n) is 6.69. The van der Waals surface area contributed by atoms with Gasteiger partial charge in [-0.1, -0.05) is 45.8 Å². The molecular formula is C22H26BrN3O4. The van der Waals surface area contributed by atoms with Crippen LogP contribution in [0.5, 0.6) is 0 Å². The lowest BCUT2D eigenvalue weighted by molar-refractivity contribution is -0.143. The van der Waals surface area contributed by atoms with Gasteiger partial charge < -0.3 is 20.7 Å². The van der Waals surface area contributed by atoms with Crippen molar-refractivity contribution in [3.8, 4) is 0 Å². The second-order valence-corrected chi connectivity index (χ2v) is 7.61. The SMILES string of the molecule is Cc1ccc(CCC(=O)NCCOC(=O)CCNC(=O)Nc2ccc(Br)cc2)cc1. The molecule has 0 heterocycles. The van der Waals surface area contributed by atoms with E-state index >= 15 is 0 Å². The molecule has 2 rings (SSSR count). The highest BCUT2D eigenvalue weighted by atomic mass is 79.9. The topological polar surface area (TPSA) is 96.5 Å². The van der Waals surface area contributed by atoms with Gasteiger partial charge in [0.1, 0.15) is 6.61 Å². The van der Waals surface area contributed by atoms with Crippen LogP contribution in [0.1, 0.15) is 24.0 Å². The van der Waals surface area contributed by atoms with Crippen LogP contribution in [0.25, 0.3) is 0 Å². The molecular weight excluding hydrogens is 450 g/mol. The first kappa shape index (κ1) is 23.4. The highest BCUT2D eigenvalue weighted by molar-refractivity contribution is 9.10. The van der Waals surface area contributed by atoms with Gasteiger partial charge in [0.2, 0.25) is 5.91 Å². The molecule has 0 aliphatic carbocycles. The number of halogens is 1. The van der Waals surface area contributed by atoms with E-state index in [1.165, 1.54) is 5.56 Å². The molecule has 30 heavy (non-hydrogen) atoms. The van der Waals surface area contributed by atoms with Gasteiger partial charge in [-0.25, -0.2) is 4.79 Å². The molecule has 0 aliphatic heterocycles. The Kier molecular flexibility index (Phi) is 9.86. The minimum atomic E-state index is -0.437. The molecule has 7 nitrogen and oxygen atoms in total. The first-order valence-electron chi connectivity index (χ1n) is 9.70. The summed E-state index contributed by atoms with van der Waals surface area (Å²) in [6.45, 7) is 2.53. The van der Waals surface area contributed by atoms with Crippen LogP contribution in [0.4, 0.5) is 10.5 Å². The highest BCUT2D eigenvalue weighted by Crippen LogP contribution is 2.13. The first-order chi connectivity index (χ1) is 14.4. The predicted octanol–water partition coefficient (Wildman–Crippen LogP) is 3.56. The Hall–Kier alpha value is -2.87. The lowest BCUT2D eigenvalue weighted by Gasteiger charge is -2.09. The average Bonchev–Trinajstić information content (AvgIpc) is 2.72. The average molecular weight is 476 g/mol. The zero-order valence-corrected chi connectivity index (χ0v) is 18.5. The first-order valence-corrected chi connectivity index (χ1v) is 10.5. The number of aryl methyl sites for hydroxylation is 2. The van der Waals surface area contributed by atoms with Gasteiger partial charge in [-0.15, -0.1) is 0 Å². The summed E-state index contributed by atoms with van der Waals surface area (Å²) in [5, 5.41) is 7.98. The standard InChI is InChI=1S/C22H26BrN3O4/c1-16-2-4-17(5-3-16)6-11-20(27)24-14-15-30-21(28)12-13-25-22(29)26-19-9-7-18(23)8-10-19/h2-5,7-10H,6,11-15H2,1H3,(H,24,27)(H2,25,26,29). The Balaban J connectivity index is 1.50. The van der Waals surface area contributed by atoms with Gasteiger partial charge >= 0.3 is 12.0 Å². The molecule has 2 aromatic carbocycles. The fourth-order valence-corrected chi connectivity index (χ4v) is 2.78. The lowest BCUT2D eigenvalue weighted by Crippen LogP contribution is -2.31. The van der Waals surface area contributed by atoms with Crippen LogP contribution in [0.2, 0.25) is 0 Å². The van der Waals surface area contributed by atoms with Crippen molar-refractivity contribution in [3.05, 3.63) is 64.1 Å². The molecule has 160 valence electrons. The molecule has 0 atom stereocenters. The largest absolute Gasteiger partial charge is 0.464 e. The number of esters is 1. The Labute approximate surface area is 184 Å². The van der Waals surface area contributed by atoms with Crippen molar-refractivity contribution < 1.29 is 19.1 Å². The fourth-order valence-electron chi connectivity index (χ4n) is 2.52. The minimum Gasteiger partial charge on any atom is -0.464 e. The predicted molar refractivity (Wildman–Crippen MR) is 119 cm³/mol. The highest BCUT2D eigenvalue weighted by Gasteiger charge is 2.07. The molecule has 8 heteroatoms. The van der Waals surface area contributed by atoms with Crippen molar-refractivity contribution in [3.63, 3.8) is 0 Å². The van der Waals surface area contributed by atoms with Crippen molar-refractivity contribution in [2.24, 2.45) is 0 Å². The molecule has 0 fully saturated rings. The van der Waals surface area contributed by atoms with Gasteiger partial charge in [-0.2, -0.15) is 0 Å². The molecule has 3 amide bonds. The Morgan fingerprint density at radius 2 is 1.60 bits per heavy atom. The van der Waals surface area contributed by atoms with Crippen LogP contribution < -0.4 is 16.0 Å². The van der Waals surface area contributed by atoms with E-state index in [0.717, 1.165) is 10.0 Å². The van der Waals surface area contributed by atoms with Gasteiger partial charge in [-0.05, 0) is 43.2 Å². The van der Waals surface area contributed by atoms with Crippen LogP contribution in [-0.4, -0.2) is 37.6 Å². The van der Waals surface area contributed by atoms with Crippen LogP contribution in [0, 0.1) is 6.92 Å². The Morgan fingerprint density at radius 1 is 0.900 bits per heavy atom. The fraction of sp³-hybridized carbons (Fsp3) is 0.318. The van der Waals surface area contributed by atoms with Gasteiger partial charge in [0, 0.05) is 23.1 Å². The molecule has 0 spiro atoms. The maximum Gasteiger partial charge on any atom is 0.319 e. The quantitative estimate of drug-likeness (QED) is 0.361. The number of rotatable bonds is 10. The number of benzene rings is 2. The third-order valence-corrected chi connectivity index (χ3v) is 4.69. The van der Waals surface area contributed by atoms with Crippen molar-refractivity contribution in [2.75, 3.05) is 25.0 Å². The van der Waals surface area contributed by atoms with Gasteiger partial charge in [0.15, 0.2) is 0 Å². The van der Waals surface area contributed by atoms with Crippen LogP contribution in [0.15, 0.2) is 53.0 Å². The van der Waals surface area contributed by atoms with Crippen molar-refractivity contribution >= 4 is 39.5 Å². The van der Waals surface area contributed by atoms with Gasteiger partial charge in [-0.3, -0.25) is 9.59 Å². The van der Waals surface area contributed by atoms with Gasteiger partial charge in [0.25, 0.3) is 0 Å². The number of anilines is 1. The van der Waals surface area contributed by atoms with E-state index in [4.69, 9.17) is 4.74 Å². The summed E-state index contributed by atoms with van der Waals surface area (Å²) >= 11 is 3.32. The molecule has 0 aromatic heterocycles. The Morgan fingerprint density at radius 3 is 2.30 bits per heavy atom. The number of amides is 3. The molecule has 0 radical (unpaired) electrons. The summed E-state index contributed by atoms with van der Waals surface area (Å²) in [5.41, 5.74) is 2.95. The maximum absolute atomic E-state index is 11.8. The third kappa shape index (κ3) is 9.56. The van der Waals surface area contributed by atoms with E-state index in [2.05, 4.69) is 31.9 Å². The summed E-state index contributed by atoms with van der Waals surface area (Å²) in [7, 11) is 0. The molecule has 0 bridgehead atoms. The van der Waals surface area contributed by atoms with Crippen molar-refractivity contribution in [2.45, 2.75) is 26.2 Å². The maximum atomic E-state index is 11.8. The van der Waals surface area contributed by atoms with Gasteiger partial charge in [0.05, 0.1) is 13.0 Å². The number of carbonyl (C=O) groups is 3. The van der Waals surface area contributed by atoms with Crippen molar-refractivity contribution in [1.29, 1.82) is 0 Å². The molecule has 0 saturated carbocycles. The van der Waals surface area contributed by atoms with E-state index in [1.807, 2.05) is 43.3 Å². The molecule has 0 unspecified atom stereocenters. The molecule has 0 aliphatic rings. The van der Waals surface area contributed by atoms with E-state index in [0.29, 0.717) is 18.5 Å². The van der Waals surface area contributed by atoms with Crippen molar-refractivity contribution in [1.82, 2.24) is 10.6 Å². The zero-order chi connectivity index (χ0) is 21.8. The van der Waals surface area contributed by atoms with E-state index < -0.39 is 12.0 Å². The number of hydrogen-bond acceptors (Lipinski definition) is 4. The minimum absolute atomic E-state index is 0.0507. The lowest BCUT2D eigenvalue weighted by atomic mass is 10.1.